The Hall–Kier alpha value is -2.41. The Labute approximate surface area is 113 Å². The van der Waals surface area contributed by atoms with Gasteiger partial charge in [-0.2, -0.15) is 0 Å². The lowest BCUT2D eigenvalue weighted by molar-refractivity contribution is 0.0698. The Bertz CT molecular complexity index is 624. The standard InChI is InChI=1S/C12H11N3O3S/c1-7-6-19-12(13-7)15-11(18)14-9-5-3-2-4-8(9)10(16)17/h2-6H,1H3,(H,16,17)(H2,13,14,15,18). The highest BCUT2D eigenvalue weighted by atomic mass is 32.1. The highest BCUT2D eigenvalue weighted by molar-refractivity contribution is 7.13. The molecule has 2 rings (SSSR count). The van der Waals surface area contributed by atoms with Crippen LogP contribution in [0.5, 0.6) is 0 Å². The monoisotopic (exact) mass is 277 g/mol. The molecule has 0 atom stereocenters. The lowest BCUT2D eigenvalue weighted by Crippen LogP contribution is -2.20. The van der Waals surface area contributed by atoms with Crippen LogP contribution in [0, 0.1) is 6.92 Å². The van der Waals surface area contributed by atoms with E-state index in [9.17, 15) is 9.59 Å². The van der Waals surface area contributed by atoms with Crippen LogP contribution in [0.1, 0.15) is 16.1 Å². The number of aryl methyl sites for hydroxylation is 1. The van der Waals surface area contributed by atoms with Crippen LogP contribution >= 0.6 is 11.3 Å². The number of carboxylic acid groups (broad SMARTS) is 1. The van der Waals surface area contributed by atoms with E-state index in [1.807, 2.05) is 6.92 Å². The maximum absolute atomic E-state index is 11.7. The molecule has 0 fully saturated rings. The molecule has 98 valence electrons. The van der Waals surface area contributed by atoms with Crippen molar-refractivity contribution in [2.45, 2.75) is 6.92 Å². The van der Waals surface area contributed by atoms with Gasteiger partial charge >= 0.3 is 12.0 Å². The molecule has 1 heterocycles. The summed E-state index contributed by atoms with van der Waals surface area (Å²) in [5.41, 5.74) is 1.08. The second-order valence-electron chi connectivity index (χ2n) is 3.72. The average Bonchev–Trinajstić information content (AvgIpc) is 2.75. The smallest absolute Gasteiger partial charge is 0.337 e. The zero-order valence-electron chi connectivity index (χ0n) is 10.0. The van der Waals surface area contributed by atoms with Crippen molar-refractivity contribution in [2.75, 3.05) is 10.6 Å². The number of carboxylic acids is 1. The lowest BCUT2D eigenvalue weighted by atomic mass is 10.2. The van der Waals surface area contributed by atoms with Crippen LogP contribution in [0.25, 0.3) is 0 Å². The summed E-state index contributed by atoms with van der Waals surface area (Å²) in [6.07, 6.45) is 0. The van der Waals surface area contributed by atoms with Crippen molar-refractivity contribution in [2.24, 2.45) is 0 Å². The molecule has 1 aromatic heterocycles. The maximum atomic E-state index is 11.7. The van der Waals surface area contributed by atoms with Crippen LogP contribution in [0.3, 0.4) is 0 Å². The summed E-state index contributed by atoms with van der Waals surface area (Å²) < 4.78 is 0. The van der Waals surface area contributed by atoms with Crippen LogP contribution in [-0.4, -0.2) is 22.1 Å². The Balaban J connectivity index is 2.09. The topological polar surface area (TPSA) is 91.3 Å². The summed E-state index contributed by atoms with van der Waals surface area (Å²) in [5.74, 6) is -1.10. The Morgan fingerprint density at radius 2 is 2.00 bits per heavy atom. The van der Waals surface area contributed by atoms with E-state index >= 15 is 0 Å². The van der Waals surface area contributed by atoms with Crippen LogP contribution in [0.4, 0.5) is 15.6 Å². The van der Waals surface area contributed by atoms with E-state index < -0.39 is 12.0 Å². The van der Waals surface area contributed by atoms with Gasteiger partial charge in [0.15, 0.2) is 5.13 Å². The van der Waals surface area contributed by atoms with Gasteiger partial charge in [-0.15, -0.1) is 11.3 Å². The number of carbonyl (C=O) groups excluding carboxylic acids is 1. The minimum atomic E-state index is -1.10. The zero-order chi connectivity index (χ0) is 13.8. The van der Waals surface area contributed by atoms with Crippen molar-refractivity contribution < 1.29 is 14.7 Å². The van der Waals surface area contributed by atoms with E-state index in [4.69, 9.17) is 5.11 Å². The van der Waals surface area contributed by atoms with Gasteiger partial charge in [-0.05, 0) is 19.1 Å². The van der Waals surface area contributed by atoms with E-state index in [-0.39, 0.29) is 11.3 Å². The number of urea groups is 1. The third-order valence-corrected chi connectivity index (χ3v) is 3.12. The molecule has 0 aliphatic heterocycles. The molecular weight excluding hydrogens is 266 g/mol. The summed E-state index contributed by atoms with van der Waals surface area (Å²) in [4.78, 5) is 26.8. The molecule has 0 bridgehead atoms. The molecule has 0 aliphatic rings. The fourth-order valence-corrected chi connectivity index (χ4v) is 2.12. The number of hydrogen-bond acceptors (Lipinski definition) is 4. The van der Waals surface area contributed by atoms with Crippen LogP contribution in [0.15, 0.2) is 29.6 Å². The number of carbonyl (C=O) groups is 2. The number of nitrogens with one attached hydrogen (secondary N) is 2. The van der Waals surface area contributed by atoms with Gasteiger partial charge in [-0.3, -0.25) is 5.32 Å². The van der Waals surface area contributed by atoms with Crippen LogP contribution in [0.2, 0.25) is 0 Å². The largest absolute Gasteiger partial charge is 0.478 e. The summed E-state index contributed by atoms with van der Waals surface area (Å²) in [6.45, 7) is 1.82. The molecule has 2 amide bonds. The summed E-state index contributed by atoms with van der Waals surface area (Å²) >= 11 is 1.30. The minimum Gasteiger partial charge on any atom is -0.478 e. The van der Waals surface area contributed by atoms with Gasteiger partial charge in [0.1, 0.15) is 0 Å². The van der Waals surface area contributed by atoms with Crippen molar-refractivity contribution in [1.29, 1.82) is 0 Å². The van der Waals surface area contributed by atoms with Crippen LogP contribution < -0.4 is 10.6 Å². The predicted molar refractivity (Wildman–Crippen MR) is 72.9 cm³/mol. The number of hydrogen-bond donors (Lipinski definition) is 3. The van der Waals surface area contributed by atoms with E-state index in [1.165, 1.54) is 23.5 Å². The number of anilines is 2. The molecule has 6 nitrogen and oxygen atoms in total. The number of thiazole rings is 1. The van der Waals surface area contributed by atoms with Gasteiger partial charge in [-0.25, -0.2) is 14.6 Å². The third kappa shape index (κ3) is 3.29. The molecule has 2 aromatic rings. The van der Waals surface area contributed by atoms with Gasteiger partial charge in [-0.1, -0.05) is 12.1 Å². The quantitative estimate of drug-likeness (QED) is 0.804. The van der Waals surface area contributed by atoms with Gasteiger partial charge < -0.3 is 10.4 Å². The molecule has 0 spiro atoms. The Morgan fingerprint density at radius 1 is 1.26 bits per heavy atom. The molecule has 0 saturated carbocycles. The lowest BCUT2D eigenvalue weighted by Gasteiger charge is -2.08. The van der Waals surface area contributed by atoms with Crippen LogP contribution in [-0.2, 0) is 0 Å². The van der Waals surface area contributed by atoms with Gasteiger partial charge in [0.2, 0.25) is 0 Å². The molecule has 19 heavy (non-hydrogen) atoms. The fourth-order valence-electron chi connectivity index (χ4n) is 1.44. The number of benzene rings is 1. The highest BCUT2D eigenvalue weighted by Crippen LogP contribution is 2.17. The van der Waals surface area contributed by atoms with E-state index in [2.05, 4.69) is 15.6 Å². The molecule has 0 aliphatic carbocycles. The number of aromatic nitrogens is 1. The number of rotatable bonds is 3. The number of amides is 2. The zero-order valence-corrected chi connectivity index (χ0v) is 10.8. The summed E-state index contributed by atoms with van der Waals surface area (Å²) in [5, 5.41) is 16.3. The number of para-hydroxylation sites is 1. The van der Waals surface area contributed by atoms with Crippen molar-refractivity contribution in [3.05, 3.63) is 40.9 Å². The molecule has 3 N–H and O–H groups in total. The molecular formula is C12H11N3O3S. The normalized spacial score (nSPS) is 9.95. The molecule has 0 unspecified atom stereocenters. The van der Waals surface area contributed by atoms with Crippen molar-refractivity contribution in [3.63, 3.8) is 0 Å². The van der Waals surface area contributed by atoms with Gasteiger partial charge in [0.25, 0.3) is 0 Å². The second kappa shape index (κ2) is 5.49. The first-order valence-corrected chi connectivity index (χ1v) is 6.26. The first-order chi connectivity index (χ1) is 9.06. The Kier molecular flexibility index (Phi) is 3.76. The highest BCUT2D eigenvalue weighted by Gasteiger charge is 2.12. The Morgan fingerprint density at radius 3 is 2.63 bits per heavy atom. The second-order valence-corrected chi connectivity index (χ2v) is 4.58. The molecule has 1 aromatic carbocycles. The number of aromatic carboxylic acids is 1. The maximum Gasteiger partial charge on any atom is 0.337 e. The fraction of sp³-hybridized carbons (Fsp3) is 0.0833. The first kappa shape index (κ1) is 13.0. The third-order valence-electron chi connectivity index (χ3n) is 2.25. The van der Waals surface area contributed by atoms with Crippen molar-refractivity contribution in [3.8, 4) is 0 Å². The van der Waals surface area contributed by atoms with Gasteiger partial charge in [0.05, 0.1) is 16.9 Å². The molecule has 0 saturated heterocycles. The summed E-state index contributed by atoms with van der Waals surface area (Å²) in [7, 11) is 0. The van der Waals surface area contributed by atoms with Crippen molar-refractivity contribution >= 4 is 34.2 Å². The first-order valence-electron chi connectivity index (χ1n) is 5.38. The number of nitrogens with zero attached hydrogens (tertiary/aromatic N) is 1. The SMILES string of the molecule is Cc1csc(NC(=O)Nc2ccccc2C(=O)O)n1. The molecule has 0 radical (unpaired) electrons. The van der Waals surface area contributed by atoms with E-state index in [0.717, 1.165) is 5.69 Å². The van der Waals surface area contributed by atoms with Gasteiger partial charge in [0, 0.05) is 5.38 Å². The van der Waals surface area contributed by atoms with E-state index in [1.54, 1.807) is 17.5 Å². The molecule has 7 heteroatoms. The predicted octanol–water partition coefficient (Wildman–Crippen LogP) is 2.79. The average molecular weight is 277 g/mol. The van der Waals surface area contributed by atoms with E-state index in [0.29, 0.717) is 5.13 Å². The summed E-state index contributed by atoms with van der Waals surface area (Å²) in [6, 6.07) is 5.66. The van der Waals surface area contributed by atoms with Crippen molar-refractivity contribution in [1.82, 2.24) is 4.98 Å². The minimum absolute atomic E-state index is 0.0352.